The van der Waals surface area contributed by atoms with Crippen LogP contribution in [0.4, 0.5) is 10.3 Å². The molecule has 1 heterocycles. The molecule has 0 radical (unpaired) electrons. The number of amides is 1. The molecule has 0 saturated heterocycles. The Balaban J connectivity index is 1.50. The summed E-state index contributed by atoms with van der Waals surface area (Å²) in [7, 11) is 0. The summed E-state index contributed by atoms with van der Waals surface area (Å²) in [5.74, 6) is -0.175. The van der Waals surface area contributed by atoms with Gasteiger partial charge in [-0.05, 0) is 29.7 Å². The van der Waals surface area contributed by atoms with Crippen molar-refractivity contribution >= 4 is 23.5 Å². The second-order valence-electron chi connectivity index (χ2n) is 5.84. The number of anilines is 1. The van der Waals surface area contributed by atoms with Gasteiger partial charge < -0.3 is 10.6 Å². The Morgan fingerprint density at radius 2 is 1.67 bits per heavy atom. The highest BCUT2D eigenvalue weighted by Gasteiger charge is 2.08. The van der Waals surface area contributed by atoms with Crippen LogP contribution in [0.5, 0.6) is 0 Å². The Morgan fingerprint density at radius 1 is 1.00 bits per heavy atom. The number of hydrogen-bond donors (Lipinski definition) is 2. The normalized spacial score (nSPS) is 10.4. The molecule has 0 fully saturated rings. The molecule has 0 aliphatic rings. The van der Waals surface area contributed by atoms with Crippen LogP contribution < -0.4 is 10.6 Å². The second-order valence-corrected chi connectivity index (χ2v) is 6.24. The quantitative estimate of drug-likeness (QED) is 0.649. The molecular weight excluding hydrogens is 367 g/mol. The van der Waals surface area contributed by atoms with E-state index in [9.17, 15) is 9.18 Å². The smallest absolute Gasteiger partial charge is 0.254 e. The predicted molar refractivity (Wildman–Crippen MR) is 103 cm³/mol. The maximum atomic E-state index is 13.6. The molecule has 0 saturated carbocycles. The molecule has 0 atom stereocenters. The van der Waals surface area contributed by atoms with Gasteiger partial charge in [0.25, 0.3) is 5.91 Å². The van der Waals surface area contributed by atoms with E-state index < -0.39 is 0 Å². The molecule has 138 valence electrons. The summed E-state index contributed by atoms with van der Waals surface area (Å²) in [6.07, 6.45) is 3.30. The molecule has 5 nitrogen and oxygen atoms in total. The largest absolute Gasteiger partial charge is 0.352 e. The minimum absolute atomic E-state index is 0.274. The Bertz CT molecular complexity index is 918. The molecule has 1 aromatic heterocycles. The van der Waals surface area contributed by atoms with Crippen LogP contribution >= 0.6 is 11.6 Å². The van der Waals surface area contributed by atoms with Gasteiger partial charge in [-0.2, -0.15) is 0 Å². The zero-order valence-electron chi connectivity index (χ0n) is 14.5. The molecule has 27 heavy (non-hydrogen) atoms. The van der Waals surface area contributed by atoms with Crippen molar-refractivity contribution in [3.63, 3.8) is 0 Å². The molecule has 2 N–H and O–H groups in total. The lowest BCUT2D eigenvalue weighted by Gasteiger charge is -2.08. The van der Waals surface area contributed by atoms with Gasteiger partial charge in [-0.3, -0.25) is 4.79 Å². The molecule has 3 aromatic rings. The maximum Gasteiger partial charge on any atom is 0.254 e. The fourth-order valence-electron chi connectivity index (χ4n) is 2.47. The number of carbonyl (C=O) groups excluding carboxylic acids is 1. The van der Waals surface area contributed by atoms with Gasteiger partial charge in [0, 0.05) is 30.5 Å². The SMILES string of the molecule is O=C(NCCc1ccccc1F)c1cnc(NCc2ccccc2Cl)nc1. The van der Waals surface area contributed by atoms with Crippen molar-refractivity contribution in [3.05, 3.63) is 88.5 Å². The molecule has 3 rings (SSSR count). The topological polar surface area (TPSA) is 66.9 Å². The van der Waals surface area contributed by atoms with Gasteiger partial charge in [0.1, 0.15) is 5.82 Å². The fraction of sp³-hybridized carbons (Fsp3) is 0.150. The van der Waals surface area contributed by atoms with Crippen LogP contribution in [0, 0.1) is 5.82 Å². The average molecular weight is 385 g/mol. The zero-order valence-corrected chi connectivity index (χ0v) is 15.2. The van der Waals surface area contributed by atoms with Crippen molar-refractivity contribution in [2.75, 3.05) is 11.9 Å². The number of halogens is 2. The molecule has 1 amide bonds. The standard InChI is InChI=1S/C20H18ClFN4O/c21-17-7-3-1-6-15(17)11-24-20-25-12-16(13-26-20)19(27)23-10-9-14-5-2-4-8-18(14)22/h1-8,12-13H,9-11H2,(H,23,27)(H,24,25,26). The molecule has 7 heteroatoms. The van der Waals surface area contributed by atoms with Gasteiger partial charge in [-0.25, -0.2) is 14.4 Å². The highest BCUT2D eigenvalue weighted by molar-refractivity contribution is 6.31. The van der Waals surface area contributed by atoms with Gasteiger partial charge in [0.15, 0.2) is 0 Å². The van der Waals surface area contributed by atoms with Gasteiger partial charge >= 0.3 is 0 Å². The first-order valence-corrected chi connectivity index (χ1v) is 8.82. The van der Waals surface area contributed by atoms with Crippen LogP contribution in [-0.2, 0) is 13.0 Å². The highest BCUT2D eigenvalue weighted by atomic mass is 35.5. The van der Waals surface area contributed by atoms with E-state index >= 15 is 0 Å². The van der Waals surface area contributed by atoms with Crippen molar-refractivity contribution in [1.82, 2.24) is 15.3 Å². The lowest BCUT2D eigenvalue weighted by Crippen LogP contribution is -2.26. The third kappa shape index (κ3) is 5.24. The molecule has 0 spiro atoms. The van der Waals surface area contributed by atoms with E-state index in [-0.39, 0.29) is 11.7 Å². The van der Waals surface area contributed by atoms with Crippen LogP contribution in [0.1, 0.15) is 21.5 Å². The van der Waals surface area contributed by atoms with Crippen molar-refractivity contribution in [2.24, 2.45) is 0 Å². The number of hydrogen-bond acceptors (Lipinski definition) is 4. The van der Waals surface area contributed by atoms with Crippen LogP contribution in [0.3, 0.4) is 0 Å². The van der Waals surface area contributed by atoms with E-state index in [2.05, 4.69) is 20.6 Å². The number of nitrogens with one attached hydrogen (secondary N) is 2. The molecule has 0 bridgehead atoms. The monoisotopic (exact) mass is 384 g/mol. The first-order chi connectivity index (χ1) is 13.1. The van der Waals surface area contributed by atoms with Gasteiger partial charge in [0.05, 0.1) is 5.56 Å². The van der Waals surface area contributed by atoms with E-state index in [0.29, 0.717) is 41.6 Å². The first kappa shape index (κ1) is 18.8. The minimum Gasteiger partial charge on any atom is -0.352 e. The lowest BCUT2D eigenvalue weighted by molar-refractivity contribution is 0.0953. The molecule has 0 aliphatic heterocycles. The van der Waals surface area contributed by atoms with E-state index in [0.717, 1.165) is 5.56 Å². The Morgan fingerprint density at radius 3 is 2.37 bits per heavy atom. The van der Waals surface area contributed by atoms with E-state index in [4.69, 9.17) is 11.6 Å². The second kappa shape index (κ2) is 9.09. The van der Waals surface area contributed by atoms with Gasteiger partial charge in [-0.1, -0.05) is 48.0 Å². The van der Waals surface area contributed by atoms with E-state index in [1.54, 1.807) is 18.2 Å². The predicted octanol–water partition coefficient (Wildman–Crippen LogP) is 3.85. The summed E-state index contributed by atoms with van der Waals surface area (Å²) in [5.41, 5.74) is 1.83. The maximum absolute atomic E-state index is 13.6. The number of aromatic nitrogens is 2. The number of benzene rings is 2. The summed E-state index contributed by atoms with van der Waals surface area (Å²) in [6.45, 7) is 0.806. The Labute approximate surface area is 161 Å². The van der Waals surface area contributed by atoms with E-state index in [1.807, 2.05) is 24.3 Å². The van der Waals surface area contributed by atoms with Crippen molar-refractivity contribution in [1.29, 1.82) is 0 Å². The van der Waals surface area contributed by atoms with Gasteiger partial charge in [0.2, 0.25) is 5.95 Å². The first-order valence-electron chi connectivity index (χ1n) is 8.44. The van der Waals surface area contributed by atoms with Crippen molar-refractivity contribution < 1.29 is 9.18 Å². The minimum atomic E-state index is -0.302. The summed E-state index contributed by atoms with van der Waals surface area (Å²) in [6, 6.07) is 14.0. The third-order valence-electron chi connectivity index (χ3n) is 3.95. The number of nitrogens with zero attached hydrogens (tertiary/aromatic N) is 2. The van der Waals surface area contributed by atoms with Crippen molar-refractivity contribution in [3.8, 4) is 0 Å². The lowest BCUT2D eigenvalue weighted by atomic mass is 10.1. The Kier molecular flexibility index (Phi) is 6.33. The summed E-state index contributed by atoms with van der Waals surface area (Å²) in [4.78, 5) is 20.4. The Hall–Kier alpha value is -2.99. The highest BCUT2D eigenvalue weighted by Crippen LogP contribution is 2.15. The summed E-state index contributed by atoms with van der Waals surface area (Å²) >= 11 is 6.10. The number of rotatable bonds is 7. The average Bonchev–Trinajstić information content (AvgIpc) is 2.69. The zero-order chi connectivity index (χ0) is 19.1. The van der Waals surface area contributed by atoms with E-state index in [1.165, 1.54) is 18.5 Å². The van der Waals surface area contributed by atoms with Crippen LogP contribution in [0.15, 0.2) is 60.9 Å². The fourth-order valence-corrected chi connectivity index (χ4v) is 2.67. The van der Waals surface area contributed by atoms with Crippen LogP contribution in [-0.4, -0.2) is 22.4 Å². The van der Waals surface area contributed by atoms with Crippen LogP contribution in [0.25, 0.3) is 0 Å². The van der Waals surface area contributed by atoms with Crippen LogP contribution in [0.2, 0.25) is 5.02 Å². The number of carbonyl (C=O) groups is 1. The molecule has 2 aromatic carbocycles. The van der Waals surface area contributed by atoms with Crippen molar-refractivity contribution in [2.45, 2.75) is 13.0 Å². The molecule has 0 aliphatic carbocycles. The summed E-state index contributed by atoms with van der Waals surface area (Å²) < 4.78 is 13.6. The summed E-state index contributed by atoms with van der Waals surface area (Å²) in [5, 5.41) is 6.46. The molecule has 0 unspecified atom stereocenters. The van der Waals surface area contributed by atoms with Gasteiger partial charge in [-0.15, -0.1) is 0 Å². The molecular formula is C20H18ClFN4O. The third-order valence-corrected chi connectivity index (χ3v) is 4.32.